The summed E-state index contributed by atoms with van der Waals surface area (Å²) in [5.41, 5.74) is 2.23. The average molecular weight is 380 g/mol. The topological polar surface area (TPSA) is 41.9 Å². The number of carbonyl (C=O) groups is 1. The molecule has 0 amide bonds. The van der Waals surface area contributed by atoms with Gasteiger partial charge in [0.15, 0.2) is 0 Å². The summed E-state index contributed by atoms with van der Waals surface area (Å²) in [6.07, 6.45) is 1.74. The lowest BCUT2D eigenvalue weighted by Crippen LogP contribution is -2.11. The van der Waals surface area contributed by atoms with Crippen LogP contribution in [0.3, 0.4) is 0 Å². The van der Waals surface area contributed by atoms with Crippen molar-refractivity contribution < 1.29 is 9.53 Å². The number of hydrogen-bond acceptors (Lipinski definition) is 4. The van der Waals surface area contributed by atoms with Gasteiger partial charge in [-0.05, 0) is 41.1 Å². The van der Waals surface area contributed by atoms with Gasteiger partial charge in [-0.3, -0.25) is 5.01 Å². The summed E-state index contributed by atoms with van der Waals surface area (Å²) >= 11 is 0. The Kier molecular flexibility index (Phi) is 5.34. The molecular formula is C25H20N2O2. The third-order valence-corrected chi connectivity index (χ3v) is 4.63. The van der Waals surface area contributed by atoms with Crippen LogP contribution in [-0.4, -0.2) is 19.2 Å². The first-order valence-corrected chi connectivity index (χ1v) is 9.34. The Morgan fingerprint density at radius 1 is 0.828 bits per heavy atom. The van der Waals surface area contributed by atoms with Crippen molar-refractivity contribution >= 4 is 28.6 Å². The highest BCUT2D eigenvalue weighted by molar-refractivity contribution is 6.04. The fourth-order valence-corrected chi connectivity index (χ4v) is 3.09. The molecule has 0 saturated carbocycles. The number of esters is 1. The van der Waals surface area contributed by atoms with Gasteiger partial charge in [-0.15, -0.1) is 0 Å². The Balaban J connectivity index is 1.71. The standard InChI is InChI=1S/C25H20N2O2/c1-27(21-13-6-3-7-14-21)26-18-23-22-15-9-8-10-19(22)16-17-24(23)29-25(28)20-11-4-2-5-12-20/h2-18H,1H3/b26-18+. The molecule has 0 heterocycles. The first-order chi connectivity index (χ1) is 14.2. The van der Waals surface area contributed by atoms with Crippen LogP contribution in [0.25, 0.3) is 10.8 Å². The van der Waals surface area contributed by atoms with Crippen LogP contribution < -0.4 is 9.75 Å². The third kappa shape index (κ3) is 4.17. The smallest absolute Gasteiger partial charge is 0.343 e. The minimum atomic E-state index is -0.396. The van der Waals surface area contributed by atoms with E-state index in [0.29, 0.717) is 11.3 Å². The lowest BCUT2D eigenvalue weighted by molar-refractivity contribution is 0.0735. The zero-order valence-corrected chi connectivity index (χ0v) is 16.0. The highest BCUT2D eigenvalue weighted by Crippen LogP contribution is 2.28. The lowest BCUT2D eigenvalue weighted by Gasteiger charge is -2.14. The molecule has 0 unspecified atom stereocenters. The van der Waals surface area contributed by atoms with Gasteiger partial charge in [0.25, 0.3) is 0 Å². The zero-order chi connectivity index (χ0) is 20.1. The van der Waals surface area contributed by atoms with Gasteiger partial charge in [-0.1, -0.05) is 66.7 Å². The highest BCUT2D eigenvalue weighted by Gasteiger charge is 2.13. The van der Waals surface area contributed by atoms with Crippen LogP contribution in [-0.2, 0) is 0 Å². The van der Waals surface area contributed by atoms with E-state index in [4.69, 9.17) is 4.74 Å². The van der Waals surface area contributed by atoms with Gasteiger partial charge in [0.1, 0.15) is 5.75 Å². The average Bonchev–Trinajstić information content (AvgIpc) is 2.79. The van der Waals surface area contributed by atoms with Gasteiger partial charge in [0.2, 0.25) is 0 Å². The van der Waals surface area contributed by atoms with Crippen LogP contribution in [0.4, 0.5) is 5.69 Å². The fraction of sp³-hybridized carbons (Fsp3) is 0.0400. The number of carbonyl (C=O) groups excluding carboxylic acids is 1. The minimum absolute atomic E-state index is 0.396. The molecule has 0 aliphatic heterocycles. The zero-order valence-electron chi connectivity index (χ0n) is 16.0. The summed E-state index contributed by atoms with van der Waals surface area (Å²) in [6, 6.07) is 30.6. The normalized spacial score (nSPS) is 10.9. The van der Waals surface area contributed by atoms with Gasteiger partial charge < -0.3 is 4.74 Å². The molecule has 0 atom stereocenters. The Hall–Kier alpha value is -3.92. The van der Waals surface area contributed by atoms with E-state index in [0.717, 1.165) is 22.0 Å². The summed E-state index contributed by atoms with van der Waals surface area (Å²) in [7, 11) is 1.88. The molecule has 0 spiro atoms. The molecule has 4 heteroatoms. The number of rotatable bonds is 5. The SMILES string of the molecule is CN(/N=C/c1c(OC(=O)c2ccccc2)ccc2ccccc12)c1ccccc1. The number of anilines is 1. The van der Waals surface area contributed by atoms with Gasteiger partial charge >= 0.3 is 5.97 Å². The van der Waals surface area contributed by atoms with E-state index in [1.807, 2.05) is 92.0 Å². The first kappa shape index (κ1) is 18.4. The summed E-state index contributed by atoms with van der Waals surface area (Å²) in [5, 5.41) is 8.38. The summed E-state index contributed by atoms with van der Waals surface area (Å²) in [4.78, 5) is 12.6. The molecule has 0 fully saturated rings. The van der Waals surface area contributed by atoms with Crippen LogP contribution in [0.2, 0.25) is 0 Å². The number of hydrogen-bond donors (Lipinski definition) is 0. The van der Waals surface area contributed by atoms with Crippen LogP contribution >= 0.6 is 0 Å². The summed E-state index contributed by atoms with van der Waals surface area (Å²) in [5.74, 6) is 0.0784. The molecule has 29 heavy (non-hydrogen) atoms. The Morgan fingerprint density at radius 3 is 2.24 bits per heavy atom. The van der Waals surface area contributed by atoms with Gasteiger partial charge in [-0.25, -0.2) is 4.79 Å². The van der Waals surface area contributed by atoms with Gasteiger partial charge in [0.05, 0.1) is 17.5 Å². The van der Waals surface area contributed by atoms with Crippen molar-refractivity contribution in [2.45, 2.75) is 0 Å². The van der Waals surface area contributed by atoms with Crippen molar-refractivity contribution in [1.82, 2.24) is 0 Å². The van der Waals surface area contributed by atoms with E-state index in [9.17, 15) is 4.79 Å². The number of hydrazone groups is 1. The van der Waals surface area contributed by atoms with Crippen LogP contribution in [0, 0.1) is 0 Å². The van der Waals surface area contributed by atoms with E-state index >= 15 is 0 Å². The van der Waals surface area contributed by atoms with Crippen LogP contribution in [0.5, 0.6) is 5.75 Å². The predicted octanol–water partition coefficient (Wildman–Crippen LogP) is 5.53. The molecule has 4 aromatic rings. The molecule has 142 valence electrons. The van der Waals surface area contributed by atoms with Crippen molar-refractivity contribution in [3.05, 3.63) is 108 Å². The van der Waals surface area contributed by atoms with Crippen LogP contribution in [0.15, 0.2) is 102 Å². The second kappa shape index (κ2) is 8.40. The molecule has 0 saturated heterocycles. The quantitative estimate of drug-likeness (QED) is 0.198. The van der Waals surface area contributed by atoms with Gasteiger partial charge in [-0.2, -0.15) is 5.10 Å². The van der Waals surface area contributed by atoms with Crippen LogP contribution in [0.1, 0.15) is 15.9 Å². The molecule has 4 nitrogen and oxygen atoms in total. The third-order valence-electron chi connectivity index (χ3n) is 4.63. The number of ether oxygens (including phenoxy) is 1. The number of nitrogens with zero attached hydrogens (tertiary/aromatic N) is 2. The highest BCUT2D eigenvalue weighted by atomic mass is 16.5. The maximum atomic E-state index is 12.6. The molecule has 0 aliphatic rings. The van der Waals surface area contributed by atoms with E-state index in [-0.39, 0.29) is 0 Å². The van der Waals surface area contributed by atoms with Crippen molar-refractivity contribution in [2.24, 2.45) is 5.10 Å². The largest absolute Gasteiger partial charge is 0.422 e. The van der Waals surface area contributed by atoms with E-state index in [1.54, 1.807) is 23.4 Å². The molecule has 4 rings (SSSR count). The first-order valence-electron chi connectivity index (χ1n) is 9.34. The second-order valence-electron chi connectivity index (χ2n) is 6.56. The minimum Gasteiger partial charge on any atom is -0.422 e. The molecule has 0 N–H and O–H groups in total. The molecule has 0 aromatic heterocycles. The van der Waals surface area contributed by atoms with Crippen molar-refractivity contribution in [3.8, 4) is 5.75 Å². The van der Waals surface area contributed by atoms with Crippen molar-refractivity contribution in [2.75, 3.05) is 12.1 Å². The molecule has 0 aliphatic carbocycles. The Morgan fingerprint density at radius 2 is 1.48 bits per heavy atom. The Labute approximate surface area is 169 Å². The molecule has 4 aromatic carbocycles. The maximum Gasteiger partial charge on any atom is 0.343 e. The summed E-state index contributed by atoms with van der Waals surface area (Å²) in [6.45, 7) is 0. The monoisotopic (exact) mass is 380 g/mol. The molecule has 0 bridgehead atoms. The van der Waals surface area contributed by atoms with Gasteiger partial charge in [0, 0.05) is 12.6 Å². The summed E-state index contributed by atoms with van der Waals surface area (Å²) < 4.78 is 5.73. The lowest BCUT2D eigenvalue weighted by atomic mass is 10.0. The number of para-hydroxylation sites is 1. The second-order valence-corrected chi connectivity index (χ2v) is 6.56. The fourth-order valence-electron chi connectivity index (χ4n) is 3.09. The predicted molar refractivity (Wildman–Crippen MR) is 118 cm³/mol. The van der Waals surface area contributed by atoms with Crippen molar-refractivity contribution in [3.63, 3.8) is 0 Å². The van der Waals surface area contributed by atoms with Crippen molar-refractivity contribution in [1.29, 1.82) is 0 Å². The molecular weight excluding hydrogens is 360 g/mol. The maximum absolute atomic E-state index is 12.6. The van der Waals surface area contributed by atoms with E-state index < -0.39 is 5.97 Å². The Bertz CT molecular complexity index is 1160. The number of benzene rings is 4. The van der Waals surface area contributed by atoms with E-state index in [1.165, 1.54) is 0 Å². The van der Waals surface area contributed by atoms with E-state index in [2.05, 4.69) is 5.10 Å². The molecule has 0 radical (unpaired) electrons. The number of fused-ring (bicyclic) bond motifs is 1.